The van der Waals surface area contributed by atoms with Crippen LogP contribution in [0.4, 0.5) is 10.1 Å². The van der Waals surface area contributed by atoms with E-state index in [1.54, 1.807) is 6.07 Å². The van der Waals surface area contributed by atoms with Gasteiger partial charge < -0.3 is 5.32 Å². The van der Waals surface area contributed by atoms with Crippen molar-refractivity contribution in [3.63, 3.8) is 0 Å². The van der Waals surface area contributed by atoms with E-state index in [9.17, 15) is 4.39 Å². The number of rotatable bonds is 3. The summed E-state index contributed by atoms with van der Waals surface area (Å²) in [6, 6.07) is 12.2. The van der Waals surface area contributed by atoms with Crippen molar-refractivity contribution in [3.8, 4) is 0 Å². The highest BCUT2D eigenvalue weighted by Crippen LogP contribution is 2.23. The van der Waals surface area contributed by atoms with Gasteiger partial charge >= 0.3 is 0 Å². The Labute approximate surface area is 113 Å². The predicted molar refractivity (Wildman–Crippen MR) is 72.9 cm³/mol. The smallest absolute Gasteiger partial charge is 0.124 e. The topological polar surface area (TPSA) is 12.0 Å². The largest absolute Gasteiger partial charge is 0.380 e. The minimum absolute atomic E-state index is 0.259. The lowest BCUT2D eigenvalue weighted by Gasteiger charge is -2.08. The molecule has 0 saturated carbocycles. The third kappa shape index (κ3) is 3.45. The Morgan fingerprint density at radius 1 is 1.18 bits per heavy atom. The fourth-order valence-electron chi connectivity index (χ4n) is 1.48. The van der Waals surface area contributed by atoms with Crippen LogP contribution in [0.25, 0.3) is 0 Å². The Morgan fingerprint density at radius 3 is 2.71 bits per heavy atom. The van der Waals surface area contributed by atoms with Gasteiger partial charge in [0.05, 0.1) is 0 Å². The Morgan fingerprint density at radius 2 is 2.00 bits per heavy atom. The highest BCUT2D eigenvalue weighted by Gasteiger charge is 2.01. The summed E-state index contributed by atoms with van der Waals surface area (Å²) in [7, 11) is 0. The van der Waals surface area contributed by atoms with Crippen LogP contribution < -0.4 is 5.32 Å². The number of halogens is 3. The lowest BCUT2D eigenvalue weighted by atomic mass is 10.2. The molecule has 4 heteroatoms. The second-order valence-corrected chi connectivity index (χ2v) is 4.90. The van der Waals surface area contributed by atoms with Crippen molar-refractivity contribution < 1.29 is 4.39 Å². The van der Waals surface area contributed by atoms with Crippen LogP contribution in [0.15, 0.2) is 46.9 Å². The van der Waals surface area contributed by atoms with E-state index in [0.717, 1.165) is 11.3 Å². The van der Waals surface area contributed by atoms with E-state index < -0.39 is 0 Å². The summed E-state index contributed by atoms with van der Waals surface area (Å²) in [6.07, 6.45) is 0. The molecule has 0 aromatic heterocycles. The third-order valence-electron chi connectivity index (χ3n) is 2.30. The minimum atomic E-state index is -0.259. The van der Waals surface area contributed by atoms with E-state index >= 15 is 0 Å². The molecule has 0 amide bonds. The summed E-state index contributed by atoms with van der Waals surface area (Å²) in [6.45, 7) is 0.644. The zero-order valence-corrected chi connectivity index (χ0v) is 11.2. The molecule has 2 aromatic rings. The fraction of sp³-hybridized carbons (Fsp3) is 0.0769. The summed E-state index contributed by atoms with van der Waals surface area (Å²) < 4.78 is 13.6. The Hall–Kier alpha value is -1.06. The van der Waals surface area contributed by atoms with Gasteiger partial charge in [0, 0.05) is 21.7 Å². The molecular formula is C13H10BrClFN. The first kappa shape index (κ1) is 12.4. The molecule has 0 radical (unpaired) electrons. The highest BCUT2D eigenvalue weighted by atomic mass is 79.9. The maximum absolute atomic E-state index is 12.9. The zero-order valence-electron chi connectivity index (χ0n) is 8.88. The van der Waals surface area contributed by atoms with E-state index in [1.165, 1.54) is 12.1 Å². The van der Waals surface area contributed by atoms with Crippen LogP contribution in [0, 0.1) is 5.82 Å². The van der Waals surface area contributed by atoms with Crippen LogP contribution in [0.3, 0.4) is 0 Å². The van der Waals surface area contributed by atoms with E-state index in [4.69, 9.17) is 11.6 Å². The van der Waals surface area contributed by atoms with Crippen LogP contribution in [-0.4, -0.2) is 0 Å². The second-order valence-electron chi connectivity index (χ2n) is 3.61. The summed E-state index contributed by atoms with van der Waals surface area (Å²) in [5.41, 5.74) is 1.93. The molecule has 2 aromatic carbocycles. The Balaban J connectivity index is 2.07. The summed E-state index contributed by atoms with van der Waals surface area (Å²) in [4.78, 5) is 0. The van der Waals surface area contributed by atoms with E-state index in [-0.39, 0.29) is 5.82 Å². The van der Waals surface area contributed by atoms with Crippen molar-refractivity contribution >= 4 is 33.2 Å². The number of benzene rings is 2. The SMILES string of the molecule is Fc1ccc(NCc2cccc(Cl)c2)c(Br)c1. The van der Waals surface area contributed by atoms with Gasteiger partial charge in [0.25, 0.3) is 0 Å². The minimum Gasteiger partial charge on any atom is -0.380 e. The Bertz CT molecular complexity index is 531. The van der Waals surface area contributed by atoms with E-state index in [0.29, 0.717) is 16.0 Å². The molecule has 88 valence electrons. The first-order valence-electron chi connectivity index (χ1n) is 5.08. The van der Waals surface area contributed by atoms with Crippen molar-refractivity contribution in [2.45, 2.75) is 6.54 Å². The maximum atomic E-state index is 12.9. The molecule has 0 aliphatic carbocycles. The molecule has 1 nitrogen and oxygen atoms in total. The lowest BCUT2D eigenvalue weighted by Crippen LogP contribution is -2.00. The van der Waals surface area contributed by atoms with Crippen LogP contribution in [0.5, 0.6) is 0 Å². The van der Waals surface area contributed by atoms with Gasteiger partial charge in [0.2, 0.25) is 0 Å². The molecule has 0 fully saturated rings. The standard InChI is InChI=1S/C13H10BrClFN/c14-12-7-11(16)4-5-13(12)17-8-9-2-1-3-10(15)6-9/h1-7,17H,8H2. The van der Waals surface area contributed by atoms with Gasteiger partial charge in [-0.05, 0) is 51.8 Å². The van der Waals surface area contributed by atoms with E-state index in [1.807, 2.05) is 24.3 Å². The monoisotopic (exact) mass is 313 g/mol. The average Bonchev–Trinajstić information content (AvgIpc) is 2.28. The van der Waals surface area contributed by atoms with Crippen LogP contribution >= 0.6 is 27.5 Å². The van der Waals surface area contributed by atoms with Crippen molar-refractivity contribution in [2.75, 3.05) is 5.32 Å². The van der Waals surface area contributed by atoms with Crippen molar-refractivity contribution in [1.82, 2.24) is 0 Å². The first-order valence-corrected chi connectivity index (χ1v) is 6.25. The number of nitrogens with one attached hydrogen (secondary N) is 1. The first-order chi connectivity index (χ1) is 8.15. The van der Waals surface area contributed by atoms with E-state index in [2.05, 4.69) is 21.2 Å². The molecule has 0 saturated heterocycles. The van der Waals surface area contributed by atoms with Gasteiger partial charge in [-0.3, -0.25) is 0 Å². The van der Waals surface area contributed by atoms with Crippen LogP contribution in [-0.2, 0) is 6.54 Å². The lowest BCUT2D eigenvalue weighted by molar-refractivity contribution is 0.627. The van der Waals surface area contributed by atoms with Crippen molar-refractivity contribution in [1.29, 1.82) is 0 Å². The molecule has 0 spiro atoms. The summed E-state index contributed by atoms with van der Waals surface area (Å²) in [5, 5.41) is 3.92. The van der Waals surface area contributed by atoms with Crippen molar-refractivity contribution in [2.24, 2.45) is 0 Å². The molecule has 0 bridgehead atoms. The van der Waals surface area contributed by atoms with Gasteiger partial charge in [-0.2, -0.15) is 0 Å². The number of hydrogen-bond donors (Lipinski definition) is 1. The van der Waals surface area contributed by atoms with Gasteiger partial charge in [-0.25, -0.2) is 4.39 Å². The molecule has 2 rings (SSSR count). The fourth-order valence-corrected chi connectivity index (χ4v) is 2.18. The Kier molecular flexibility index (Phi) is 4.02. The van der Waals surface area contributed by atoms with Gasteiger partial charge in [0.15, 0.2) is 0 Å². The summed E-state index contributed by atoms with van der Waals surface area (Å²) >= 11 is 9.20. The molecule has 17 heavy (non-hydrogen) atoms. The quantitative estimate of drug-likeness (QED) is 0.853. The maximum Gasteiger partial charge on any atom is 0.124 e. The highest BCUT2D eigenvalue weighted by molar-refractivity contribution is 9.10. The number of anilines is 1. The summed E-state index contributed by atoms with van der Waals surface area (Å²) in [5.74, 6) is -0.259. The van der Waals surface area contributed by atoms with Gasteiger partial charge in [0.1, 0.15) is 5.82 Å². The molecule has 0 unspecified atom stereocenters. The molecule has 0 atom stereocenters. The van der Waals surface area contributed by atoms with Gasteiger partial charge in [-0.1, -0.05) is 23.7 Å². The van der Waals surface area contributed by atoms with Crippen LogP contribution in [0.1, 0.15) is 5.56 Å². The van der Waals surface area contributed by atoms with Crippen LogP contribution in [0.2, 0.25) is 5.02 Å². The second kappa shape index (κ2) is 5.52. The predicted octanol–water partition coefficient (Wildman–Crippen LogP) is 4.85. The molecule has 0 aliphatic heterocycles. The normalized spacial score (nSPS) is 10.3. The molecule has 0 heterocycles. The van der Waals surface area contributed by atoms with Crippen molar-refractivity contribution in [3.05, 3.63) is 63.3 Å². The molecular weight excluding hydrogens is 305 g/mol. The van der Waals surface area contributed by atoms with Gasteiger partial charge in [-0.15, -0.1) is 0 Å². The average molecular weight is 315 g/mol. The number of hydrogen-bond acceptors (Lipinski definition) is 1. The third-order valence-corrected chi connectivity index (χ3v) is 3.19. The molecule has 0 aliphatic rings. The zero-order chi connectivity index (χ0) is 12.3. The molecule has 1 N–H and O–H groups in total.